The number of benzene rings is 1. The predicted molar refractivity (Wildman–Crippen MR) is 74.7 cm³/mol. The number of nitrogen functional groups attached to an aromatic ring is 1. The minimum atomic E-state index is 0.420. The van der Waals surface area contributed by atoms with E-state index in [2.05, 4.69) is 10.3 Å². The minimum absolute atomic E-state index is 0.420. The first-order chi connectivity index (χ1) is 9.13. The van der Waals surface area contributed by atoms with Gasteiger partial charge in [0.2, 0.25) is 5.88 Å². The Morgan fingerprint density at radius 2 is 2.16 bits per heavy atom. The number of hydrogen-bond acceptors (Lipinski definition) is 5. The third-order valence-corrected chi connectivity index (χ3v) is 2.77. The average Bonchev–Trinajstić information content (AvgIpc) is 2.43. The number of aromatic nitrogens is 1. The van der Waals surface area contributed by atoms with E-state index in [1.165, 1.54) is 7.11 Å². The molecule has 0 bridgehead atoms. The smallest absolute Gasteiger partial charge is 0.215 e. The van der Waals surface area contributed by atoms with E-state index >= 15 is 0 Å². The maximum Gasteiger partial charge on any atom is 0.215 e. The van der Waals surface area contributed by atoms with Crippen LogP contribution in [-0.4, -0.2) is 12.1 Å². The molecule has 0 saturated heterocycles. The molecule has 0 unspecified atom stereocenters. The molecule has 0 atom stereocenters. The van der Waals surface area contributed by atoms with Crippen molar-refractivity contribution in [3.05, 3.63) is 40.9 Å². The molecule has 0 amide bonds. The van der Waals surface area contributed by atoms with Gasteiger partial charge in [0.25, 0.3) is 0 Å². The van der Waals surface area contributed by atoms with Gasteiger partial charge in [-0.1, -0.05) is 11.6 Å². The molecule has 96 valence electrons. The second kappa shape index (κ2) is 5.46. The molecule has 0 aliphatic heterocycles. The first-order valence-electron chi connectivity index (χ1n) is 5.41. The van der Waals surface area contributed by atoms with Crippen LogP contribution in [0.1, 0.15) is 5.56 Å². The summed E-state index contributed by atoms with van der Waals surface area (Å²) in [7, 11) is 1.52. The van der Waals surface area contributed by atoms with Gasteiger partial charge in [-0.2, -0.15) is 10.2 Å². The lowest BCUT2D eigenvalue weighted by Gasteiger charge is -2.11. The van der Waals surface area contributed by atoms with Crippen molar-refractivity contribution < 1.29 is 4.74 Å². The number of anilines is 3. The van der Waals surface area contributed by atoms with Crippen LogP contribution in [0.4, 0.5) is 17.2 Å². The van der Waals surface area contributed by atoms with Crippen molar-refractivity contribution in [3.63, 3.8) is 0 Å². The van der Waals surface area contributed by atoms with Crippen LogP contribution in [0.3, 0.4) is 0 Å². The molecule has 19 heavy (non-hydrogen) atoms. The Hall–Kier alpha value is -2.45. The Morgan fingerprint density at radius 3 is 2.79 bits per heavy atom. The Labute approximate surface area is 115 Å². The fraction of sp³-hybridized carbons (Fsp3) is 0.0769. The normalized spacial score (nSPS) is 9.74. The molecule has 3 N–H and O–H groups in total. The highest BCUT2D eigenvalue weighted by Gasteiger charge is 2.07. The van der Waals surface area contributed by atoms with E-state index in [0.29, 0.717) is 33.7 Å². The Kier molecular flexibility index (Phi) is 3.74. The van der Waals surface area contributed by atoms with Crippen molar-refractivity contribution in [1.82, 2.24) is 4.98 Å². The monoisotopic (exact) mass is 274 g/mol. The molecule has 1 aromatic heterocycles. The SMILES string of the molecule is COc1ccc(N)c(Nc2ccc(C#N)cc2Cl)n1. The van der Waals surface area contributed by atoms with Crippen molar-refractivity contribution >= 4 is 28.8 Å². The number of nitrogens with one attached hydrogen (secondary N) is 1. The van der Waals surface area contributed by atoms with Gasteiger partial charge in [0.05, 0.1) is 35.1 Å². The fourth-order valence-electron chi connectivity index (χ4n) is 1.48. The third-order valence-electron chi connectivity index (χ3n) is 2.46. The Balaban J connectivity index is 2.33. The number of pyridine rings is 1. The number of hydrogen-bond donors (Lipinski definition) is 2. The second-order valence-electron chi connectivity index (χ2n) is 3.72. The van der Waals surface area contributed by atoms with E-state index in [0.717, 1.165) is 0 Å². The molecule has 1 aromatic carbocycles. The molecule has 1 heterocycles. The number of rotatable bonds is 3. The van der Waals surface area contributed by atoms with Gasteiger partial charge in [0.1, 0.15) is 0 Å². The van der Waals surface area contributed by atoms with E-state index in [4.69, 9.17) is 27.3 Å². The van der Waals surface area contributed by atoms with Crippen LogP contribution in [0.5, 0.6) is 5.88 Å². The van der Waals surface area contributed by atoms with Crippen LogP contribution in [0.2, 0.25) is 5.02 Å². The van der Waals surface area contributed by atoms with Crippen molar-refractivity contribution in [1.29, 1.82) is 5.26 Å². The number of methoxy groups -OCH3 is 1. The van der Waals surface area contributed by atoms with E-state index < -0.39 is 0 Å². The van der Waals surface area contributed by atoms with Crippen LogP contribution >= 0.6 is 11.6 Å². The molecule has 2 aromatic rings. The standard InChI is InChI=1S/C13H11ClN4O/c1-19-12-5-3-10(16)13(18-12)17-11-4-2-8(7-15)6-9(11)14/h2-6H,16H2,1H3,(H,17,18). The summed E-state index contributed by atoms with van der Waals surface area (Å²) in [5.41, 5.74) is 7.40. The number of ether oxygens (including phenoxy) is 1. The van der Waals surface area contributed by atoms with E-state index in [9.17, 15) is 0 Å². The number of nitriles is 1. The van der Waals surface area contributed by atoms with Gasteiger partial charge in [-0.3, -0.25) is 0 Å². The van der Waals surface area contributed by atoms with Crippen molar-refractivity contribution in [3.8, 4) is 11.9 Å². The van der Waals surface area contributed by atoms with Gasteiger partial charge in [-0.05, 0) is 24.3 Å². The Morgan fingerprint density at radius 1 is 1.37 bits per heavy atom. The minimum Gasteiger partial charge on any atom is -0.481 e. The summed E-state index contributed by atoms with van der Waals surface area (Å²) in [6.45, 7) is 0. The zero-order valence-electron chi connectivity index (χ0n) is 10.1. The first kappa shape index (κ1) is 13.0. The number of nitrogens with two attached hydrogens (primary N) is 1. The quantitative estimate of drug-likeness (QED) is 0.899. The molecular formula is C13H11ClN4O. The second-order valence-corrected chi connectivity index (χ2v) is 4.13. The zero-order valence-corrected chi connectivity index (χ0v) is 10.9. The highest BCUT2D eigenvalue weighted by molar-refractivity contribution is 6.33. The van der Waals surface area contributed by atoms with Gasteiger partial charge in [0.15, 0.2) is 5.82 Å². The molecule has 0 spiro atoms. The van der Waals surface area contributed by atoms with Crippen LogP contribution < -0.4 is 15.8 Å². The molecule has 2 rings (SSSR count). The van der Waals surface area contributed by atoms with Crippen molar-refractivity contribution in [2.24, 2.45) is 0 Å². The highest BCUT2D eigenvalue weighted by atomic mass is 35.5. The van der Waals surface area contributed by atoms with E-state index in [-0.39, 0.29) is 0 Å². The third kappa shape index (κ3) is 2.87. The summed E-state index contributed by atoms with van der Waals surface area (Å²) in [5.74, 6) is 0.896. The summed E-state index contributed by atoms with van der Waals surface area (Å²) in [5, 5.41) is 12.2. The molecular weight excluding hydrogens is 264 g/mol. The summed E-state index contributed by atoms with van der Waals surface area (Å²) in [6, 6.07) is 10.3. The summed E-state index contributed by atoms with van der Waals surface area (Å²) >= 11 is 6.07. The van der Waals surface area contributed by atoms with Crippen LogP contribution in [0.15, 0.2) is 30.3 Å². The van der Waals surface area contributed by atoms with Gasteiger partial charge >= 0.3 is 0 Å². The highest BCUT2D eigenvalue weighted by Crippen LogP contribution is 2.29. The lowest BCUT2D eigenvalue weighted by molar-refractivity contribution is 0.398. The topological polar surface area (TPSA) is 84.0 Å². The van der Waals surface area contributed by atoms with Crippen LogP contribution in [-0.2, 0) is 0 Å². The predicted octanol–water partition coefficient (Wildman–Crippen LogP) is 2.94. The molecule has 0 aliphatic carbocycles. The summed E-state index contributed by atoms with van der Waals surface area (Å²) in [4.78, 5) is 4.19. The molecule has 6 heteroatoms. The first-order valence-corrected chi connectivity index (χ1v) is 5.79. The number of halogens is 1. The van der Waals surface area contributed by atoms with Gasteiger partial charge in [-0.15, -0.1) is 0 Å². The molecule has 0 fully saturated rings. The molecule has 0 radical (unpaired) electrons. The van der Waals surface area contributed by atoms with Crippen LogP contribution in [0, 0.1) is 11.3 Å². The largest absolute Gasteiger partial charge is 0.481 e. The van der Waals surface area contributed by atoms with Gasteiger partial charge in [-0.25, -0.2) is 0 Å². The average molecular weight is 275 g/mol. The lowest BCUT2D eigenvalue weighted by atomic mass is 10.2. The molecule has 0 aliphatic rings. The summed E-state index contributed by atoms with van der Waals surface area (Å²) in [6.07, 6.45) is 0. The molecule has 0 saturated carbocycles. The van der Waals surface area contributed by atoms with E-state index in [1.807, 2.05) is 6.07 Å². The zero-order chi connectivity index (χ0) is 13.8. The fourth-order valence-corrected chi connectivity index (χ4v) is 1.71. The molecule has 5 nitrogen and oxygen atoms in total. The maximum absolute atomic E-state index is 8.78. The van der Waals surface area contributed by atoms with Gasteiger partial charge in [0, 0.05) is 6.07 Å². The number of nitrogens with zero attached hydrogens (tertiary/aromatic N) is 2. The lowest BCUT2D eigenvalue weighted by Crippen LogP contribution is -2.01. The Bertz CT molecular complexity index is 652. The van der Waals surface area contributed by atoms with Crippen LogP contribution in [0.25, 0.3) is 0 Å². The maximum atomic E-state index is 8.78. The van der Waals surface area contributed by atoms with E-state index in [1.54, 1.807) is 30.3 Å². The van der Waals surface area contributed by atoms with Gasteiger partial charge < -0.3 is 15.8 Å². The summed E-state index contributed by atoms with van der Waals surface area (Å²) < 4.78 is 5.03. The van der Waals surface area contributed by atoms with Crippen molar-refractivity contribution in [2.45, 2.75) is 0 Å². The van der Waals surface area contributed by atoms with Crippen molar-refractivity contribution in [2.75, 3.05) is 18.2 Å².